The first-order valence-corrected chi connectivity index (χ1v) is 38.4. The smallest absolute Gasteiger partial charge is 0.408 e. The van der Waals surface area contributed by atoms with Crippen molar-refractivity contribution in [1.82, 2.24) is 0 Å². The third-order valence-corrected chi connectivity index (χ3v) is 25.2. The monoisotopic (exact) mass is 1380 g/mol. The zero-order chi connectivity index (χ0) is 69.2. The molecule has 492 valence electrons. The highest BCUT2D eigenvalue weighted by atomic mass is 31.2. The molecule has 0 radical (unpaired) electrons. The zero-order valence-corrected chi connectivity index (χ0v) is 58.0. The predicted molar refractivity (Wildman–Crippen MR) is 437 cm³/mol. The first kappa shape index (κ1) is 59.8. The Balaban J connectivity index is 0.928. The van der Waals surface area contributed by atoms with Crippen LogP contribution in [0.4, 0.5) is 0 Å². The number of fused-ring (bicyclic) bond motifs is 22. The van der Waals surface area contributed by atoms with E-state index in [1.54, 1.807) is 0 Å². The molecule has 0 saturated heterocycles. The second-order valence-electron chi connectivity index (χ2n) is 27.6. The van der Waals surface area contributed by atoms with Crippen LogP contribution in [0.5, 0.6) is 23.0 Å². The normalized spacial score (nSPS) is 13.7. The molecule has 0 amide bonds. The molecule has 0 aromatic heterocycles. The molecule has 2 aliphatic heterocycles. The maximum atomic E-state index is 18.6. The van der Waals surface area contributed by atoms with Crippen molar-refractivity contribution in [2.45, 2.75) is 0 Å². The summed E-state index contributed by atoms with van der Waals surface area (Å²) in [6.45, 7) is 0. The summed E-state index contributed by atoms with van der Waals surface area (Å²) in [5, 5.41) is 22.6. The molecule has 2 aliphatic rings. The molecule has 0 aliphatic carbocycles. The quantitative estimate of drug-likeness (QED) is 0.136. The minimum Gasteiger partial charge on any atom is -0.408 e. The highest BCUT2D eigenvalue weighted by Gasteiger charge is 2.46. The van der Waals surface area contributed by atoms with Gasteiger partial charge >= 0.3 is 15.5 Å². The Bertz CT molecular complexity index is 6740. The van der Waals surface area contributed by atoms with Crippen LogP contribution in [0.25, 0.3) is 196 Å². The van der Waals surface area contributed by atoms with E-state index in [2.05, 4.69) is 315 Å². The first-order chi connectivity index (χ1) is 51.8. The maximum Gasteiger partial charge on any atom is 0.569 e. The standard InChI is InChI=1S/C96H57NO6P2/c98-104(100-93-81(85-69-37-13-1-25-57(69)49-58-26-2-14-38-70(58)85)53-65-33-9-21-45-77(65)89(93)90-78-46-22-10-34-66(78)54-82(94(90)101-104)86-71-39-15-3-27-59(71)50-60-28-4-16-40-72(60)86)97-105(99)102-95-83(87-73-41-17-5-29-61(73)51-62-30-6-18-42-74(62)87)55-67-35-11-23-47-79(67)91(95)92-80-48-24-12-36-68(80)56-84(96(92)103-105)88-75-43-19-7-31-63(75)52-64-32-8-20-44-76(64)88/h1-56,98H. The lowest BCUT2D eigenvalue weighted by Crippen LogP contribution is -2.05. The average Bonchev–Trinajstić information content (AvgIpc) is 1.67. The van der Waals surface area contributed by atoms with Gasteiger partial charge in [-0.3, -0.25) is 4.89 Å². The third kappa shape index (κ3) is 9.16. The van der Waals surface area contributed by atoms with Gasteiger partial charge in [-0.25, -0.2) is 4.57 Å². The second kappa shape index (κ2) is 22.8. The number of hydrogen-bond acceptors (Lipinski definition) is 5. The Morgan fingerprint density at radius 1 is 0.200 bits per heavy atom. The fourth-order valence-electron chi connectivity index (χ4n) is 17.4. The Morgan fingerprint density at radius 2 is 0.352 bits per heavy atom. The van der Waals surface area contributed by atoms with Crippen LogP contribution >= 0.6 is 15.5 Å². The predicted octanol–water partition coefficient (Wildman–Crippen LogP) is 27.8. The average molecular weight is 1380 g/mol. The molecule has 1 N–H and O–H groups in total. The number of nitrogens with zero attached hydrogens (tertiary/aromatic N) is 1. The van der Waals surface area contributed by atoms with Gasteiger partial charge in [0.05, 0.1) is 0 Å². The molecule has 22 rings (SSSR count). The topological polar surface area (TPSA) is 86.6 Å². The zero-order valence-electron chi connectivity index (χ0n) is 56.2. The van der Waals surface area contributed by atoms with Crippen LogP contribution in [0.2, 0.25) is 0 Å². The highest BCUT2D eigenvalue weighted by molar-refractivity contribution is 7.64. The molecule has 0 bridgehead atoms. The van der Waals surface area contributed by atoms with Crippen LogP contribution in [0.15, 0.2) is 344 Å². The van der Waals surface area contributed by atoms with Crippen LogP contribution < -0.4 is 18.1 Å². The highest BCUT2D eigenvalue weighted by Crippen LogP contribution is 2.72. The molecule has 0 atom stereocenters. The Hall–Kier alpha value is -12.9. The van der Waals surface area contributed by atoms with E-state index in [1.165, 1.54) is 0 Å². The van der Waals surface area contributed by atoms with E-state index in [4.69, 9.17) is 22.6 Å². The number of rotatable bonds is 5. The third-order valence-electron chi connectivity index (χ3n) is 21.7. The summed E-state index contributed by atoms with van der Waals surface area (Å²) in [4.78, 5) is 15.2. The van der Waals surface area contributed by atoms with Crippen molar-refractivity contribution < 1.29 is 27.6 Å². The van der Waals surface area contributed by atoms with E-state index in [0.717, 1.165) is 152 Å². The molecular weight excluding hydrogens is 1330 g/mol. The van der Waals surface area contributed by atoms with Gasteiger partial charge in [-0.05, 0) is 178 Å². The van der Waals surface area contributed by atoms with Crippen LogP contribution in [0.1, 0.15) is 0 Å². The number of benzene rings is 20. The summed E-state index contributed by atoms with van der Waals surface area (Å²) in [5.74, 6) is 1.06. The van der Waals surface area contributed by atoms with Crippen molar-refractivity contribution >= 4 is 145 Å². The lowest BCUT2D eigenvalue weighted by atomic mass is 9.83. The van der Waals surface area contributed by atoms with Gasteiger partial charge in [0.15, 0.2) is 0 Å². The van der Waals surface area contributed by atoms with Crippen LogP contribution in [-0.4, -0.2) is 4.89 Å². The SMILES string of the molecule is O=P1(N=P2(O)Oc3c(-c4c5ccccc5cc5ccccc45)cc4ccccc4c3-c3c(c(-c4c5ccccc5cc5ccccc45)cc4ccccc34)O2)Oc2c(-c3c4ccccc4cc4ccccc34)cc3ccccc3c2-c2c(c(-c3c4ccccc4cc4ccccc34)cc3ccccc23)O1. The van der Waals surface area contributed by atoms with Gasteiger partial charge in [0.25, 0.3) is 0 Å². The van der Waals surface area contributed by atoms with Crippen molar-refractivity contribution in [3.8, 4) is 89.8 Å². The molecule has 0 fully saturated rings. The first-order valence-electron chi connectivity index (χ1n) is 35.4. The van der Waals surface area contributed by atoms with E-state index in [1.807, 2.05) is 24.3 Å². The van der Waals surface area contributed by atoms with Gasteiger partial charge in [0.2, 0.25) is 0 Å². The molecule has 7 nitrogen and oxygen atoms in total. The second-order valence-corrected chi connectivity index (χ2v) is 31.0. The van der Waals surface area contributed by atoms with E-state index in [-0.39, 0.29) is 23.0 Å². The van der Waals surface area contributed by atoms with Crippen LogP contribution in [0, 0.1) is 0 Å². The molecule has 9 heteroatoms. The van der Waals surface area contributed by atoms with E-state index < -0.39 is 15.5 Å². The van der Waals surface area contributed by atoms with Crippen molar-refractivity contribution in [2.24, 2.45) is 4.52 Å². The Kier molecular flexibility index (Phi) is 13.0. The van der Waals surface area contributed by atoms with Gasteiger partial charge in [0.1, 0.15) is 23.0 Å². The van der Waals surface area contributed by atoms with Crippen LogP contribution in [0.3, 0.4) is 0 Å². The summed E-state index contributed by atoms with van der Waals surface area (Å²) in [5.41, 5.74) is 8.68. The van der Waals surface area contributed by atoms with E-state index >= 15 is 9.46 Å². The molecule has 2 heterocycles. The van der Waals surface area contributed by atoms with Crippen molar-refractivity contribution in [3.63, 3.8) is 0 Å². The minimum absolute atomic E-state index is 0.246. The fourth-order valence-corrected chi connectivity index (χ4v) is 20.8. The summed E-state index contributed by atoms with van der Waals surface area (Å²) < 4.78 is 55.4. The fraction of sp³-hybridized carbons (Fsp3) is 0. The van der Waals surface area contributed by atoms with Crippen LogP contribution in [-0.2, 0) is 4.57 Å². The van der Waals surface area contributed by atoms with Gasteiger partial charge in [0, 0.05) is 66.8 Å². The van der Waals surface area contributed by atoms with Gasteiger partial charge in [-0.1, -0.05) is 296 Å². The Labute approximate surface area is 602 Å². The summed E-state index contributed by atoms with van der Waals surface area (Å²) >= 11 is 0. The van der Waals surface area contributed by atoms with E-state index in [0.29, 0.717) is 44.5 Å². The van der Waals surface area contributed by atoms with Crippen molar-refractivity contribution in [3.05, 3.63) is 340 Å². The maximum absolute atomic E-state index is 18.6. The molecule has 0 spiro atoms. The number of hydrogen-bond donors (Lipinski definition) is 1. The molecule has 20 aromatic rings. The largest absolute Gasteiger partial charge is 0.569 e. The molecule has 20 aromatic carbocycles. The molecule has 105 heavy (non-hydrogen) atoms. The van der Waals surface area contributed by atoms with Gasteiger partial charge in [-0.2, -0.15) is 0 Å². The van der Waals surface area contributed by atoms with Crippen molar-refractivity contribution in [2.75, 3.05) is 0 Å². The molecule has 0 unspecified atom stereocenters. The Morgan fingerprint density at radius 3 is 0.543 bits per heavy atom. The van der Waals surface area contributed by atoms with E-state index in [9.17, 15) is 0 Å². The summed E-state index contributed by atoms with van der Waals surface area (Å²) in [7, 11) is -10.7. The summed E-state index contributed by atoms with van der Waals surface area (Å²) in [6.07, 6.45) is 0. The lowest BCUT2D eigenvalue weighted by molar-refractivity contribution is 0.361. The van der Waals surface area contributed by atoms with Crippen molar-refractivity contribution in [1.29, 1.82) is 0 Å². The molecule has 0 saturated carbocycles. The minimum atomic E-state index is -5.44. The lowest BCUT2D eigenvalue weighted by Gasteiger charge is -2.24. The van der Waals surface area contributed by atoms with Gasteiger partial charge < -0.3 is 18.1 Å². The van der Waals surface area contributed by atoms with Gasteiger partial charge in [-0.15, -0.1) is 0 Å². The molecular formula is C96H57NO6P2. The summed E-state index contributed by atoms with van der Waals surface area (Å²) in [6, 6.07) is 118.